The molecule has 0 radical (unpaired) electrons. The van der Waals surface area contributed by atoms with Crippen molar-refractivity contribution in [1.29, 1.82) is 0 Å². The van der Waals surface area contributed by atoms with Crippen molar-refractivity contribution in [1.82, 2.24) is 0 Å². The van der Waals surface area contributed by atoms with E-state index in [2.05, 4.69) is 46.0 Å². The maximum absolute atomic E-state index is 12.3. The van der Waals surface area contributed by atoms with Crippen molar-refractivity contribution in [2.75, 3.05) is 6.61 Å². The zero-order chi connectivity index (χ0) is 20.3. The number of carbonyl (C=O) groups excluding carboxylic acids is 1. The summed E-state index contributed by atoms with van der Waals surface area (Å²) in [6.45, 7) is 19.0. The van der Waals surface area contributed by atoms with Gasteiger partial charge in [0.25, 0.3) is 0 Å². The van der Waals surface area contributed by atoms with Crippen LogP contribution in [0.1, 0.15) is 61.3 Å². The fourth-order valence-electron chi connectivity index (χ4n) is 3.15. The Morgan fingerprint density at radius 1 is 1.23 bits per heavy atom. The van der Waals surface area contributed by atoms with E-state index in [1.165, 1.54) is 0 Å². The summed E-state index contributed by atoms with van der Waals surface area (Å²) in [5.74, 6) is 0.185. The van der Waals surface area contributed by atoms with Crippen LogP contribution in [-0.4, -0.2) is 37.7 Å². The third-order valence-electron chi connectivity index (χ3n) is 5.67. The van der Waals surface area contributed by atoms with Crippen LogP contribution in [0.15, 0.2) is 12.2 Å². The molecule has 0 bridgehead atoms. The van der Waals surface area contributed by atoms with Gasteiger partial charge in [-0.1, -0.05) is 39.8 Å². The Balaban J connectivity index is 2.94. The molecule has 0 aromatic carbocycles. The fraction of sp³-hybridized carbons (Fsp3) is 0.857. The Kier molecular flexibility index (Phi) is 7.71. The number of hydrogen-bond acceptors (Lipinski definition) is 4. The lowest BCUT2D eigenvalue weighted by Gasteiger charge is -2.43. The molecule has 0 aromatic rings. The number of carbonyl (C=O) groups is 1. The third-order valence-corrected chi connectivity index (χ3v) is 10.1. The van der Waals surface area contributed by atoms with E-state index in [9.17, 15) is 9.90 Å². The minimum Gasteiger partial charge on any atom is -0.460 e. The van der Waals surface area contributed by atoms with E-state index in [0.29, 0.717) is 6.42 Å². The van der Waals surface area contributed by atoms with E-state index in [1.807, 2.05) is 27.7 Å². The highest BCUT2D eigenvalue weighted by Gasteiger charge is 2.44. The number of allylic oxidation sites excluding steroid dienone is 2. The van der Waals surface area contributed by atoms with Crippen molar-refractivity contribution in [3.05, 3.63) is 12.2 Å². The van der Waals surface area contributed by atoms with Gasteiger partial charge >= 0.3 is 5.97 Å². The fourth-order valence-corrected chi connectivity index (χ4v) is 4.59. The number of aliphatic hydroxyl groups excluding tert-OH is 1. The first-order valence-corrected chi connectivity index (χ1v) is 12.8. The molecular formula is C21H40O4Si. The topological polar surface area (TPSA) is 55.8 Å². The Bertz CT molecular complexity index is 499. The Labute approximate surface area is 161 Å². The van der Waals surface area contributed by atoms with E-state index in [0.717, 1.165) is 6.42 Å². The second kappa shape index (κ2) is 8.57. The summed E-state index contributed by atoms with van der Waals surface area (Å²) >= 11 is 0. The maximum Gasteiger partial charge on any atom is 0.306 e. The Hall–Kier alpha value is -0.653. The van der Waals surface area contributed by atoms with Gasteiger partial charge in [0.2, 0.25) is 0 Å². The van der Waals surface area contributed by atoms with E-state index in [1.54, 1.807) is 0 Å². The Morgan fingerprint density at radius 3 is 2.27 bits per heavy atom. The van der Waals surface area contributed by atoms with Gasteiger partial charge in [-0.2, -0.15) is 0 Å². The number of rotatable bonds is 7. The van der Waals surface area contributed by atoms with E-state index in [-0.39, 0.29) is 41.5 Å². The predicted octanol–water partition coefficient (Wildman–Crippen LogP) is 4.93. The SMILES string of the molecule is C[C@H](CO)[C@H](O[Si](C)(C)C(C)(C)C)[C@@H]1CC=C[C@@H]1CC(=O)OC(C)(C)C. The van der Waals surface area contributed by atoms with E-state index in [4.69, 9.17) is 9.16 Å². The first-order chi connectivity index (χ1) is 11.7. The van der Waals surface area contributed by atoms with Gasteiger partial charge in [-0.15, -0.1) is 0 Å². The van der Waals surface area contributed by atoms with Crippen LogP contribution in [0.3, 0.4) is 0 Å². The summed E-state index contributed by atoms with van der Waals surface area (Å²) < 4.78 is 12.3. The third kappa shape index (κ3) is 6.50. The maximum atomic E-state index is 12.3. The average molecular weight is 385 g/mol. The van der Waals surface area contributed by atoms with Gasteiger partial charge in [-0.3, -0.25) is 4.79 Å². The molecule has 0 spiro atoms. The number of ether oxygens (including phenoxy) is 1. The monoisotopic (exact) mass is 384 g/mol. The summed E-state index contributed by atoms with van der Waals surface area (Å²) in [7, 11) is -1.98. The summed E-state index contributed by atoms with van der Waals surface area (Å²) in [5.41, 5.74) is -0.468. The normalized spacial score (nSPS) is 23.8. The van der Waals surface area contributed by atoms with Crippen LogP contribution < -0.4 is 0 Å². The summed E-state index contributed by atoms with van der Waals surface area (Å²) in [4.78, 5) is 12.3. The summed E-state index contributed by atoms with van der Waals surface area (Å²) in [5, 5.41) is 9.91. The lowest BCUT2D eigenvalue weighted by molar-refractivity contribution is -0.156. The van der Waals surface area contributed by atoms with Crippen LogP contribution in [0.2, 0.25) is 18.1 Å². The number of hydrogen-bond donors (Lipinski definition) is 1. The molecule has 1 N–H and O–H groups in total. The molecule has 1 aliphatic rings. The van der Waals surface area contributed by atoms with Gasteiger partial charge < -0.3 is 14.3 Å². The molecule has 1 rings (SSSR count). The van der Waals surface area contributed by atoms with Gasteiger partial charge in [0, 0.05) is 12.5 Å². The van der Waals surface area contributed by atoms with Crippen molar-refractivity contribution in [3.63, 3.8) is 0 Å². The van der Waals surface area contributed by atoms with Crippen molar-refractivity contribution in [3.8, 4) is 0 Å². The van der Waals surface area contributed by atoms with Crippen LogP contribution in [0.5, 0.6) is 0 Å². The highest BCUT2D eigenvalue weighted by molar-refractivity contribution is 6.74. The van der Waals surface area contributed by atoms with Crippen molar-refractivity contribution in [2.45, 2.75) is 91.1 Å². The predicted molar refractivity (Wildman–Crippen MR) is 110 cm³/mol. The molecule has 152 valence electrons. The minimum atomic E-state index is -1.98. The first-order valence-electron chi connectivity index (χ1n) is 9.85. The van der Waals surface area contributed by atoms with Crippen LogP contribution in [0, 0.1) is 17.8 Å². The molecule has 0 aliphatic heterocycles. The largest absolute Gasteiger partial charge is 0.460 e. The molecule has 4 atom stereocenters. The van der Waals surface area contributed by atoms with Gasteiger partial charge in [-0.25, -0.2) is 0 Å². The summed E-state index contributed by atoms with van der Waals surface area (Å²) in [6.07, 6.45) is 5.47. The van der Waals surface area contributed by atoms with Crippen molar-refractivity contribution < 1.29 is 19.1 Å². The van der Waals surface area contributed by atoms with Crippen LogP contribution >= 0.6 is 0 Å². The van der Waals surface area contributed by atoms with Crippen molar-refractivity contribution in [2.24, 2.45) is 17.8 Å². The number of esters is 1. The second-order valence-electron chi connectivity index (χ2n) is 10.3. The molecule has 1 aliphatic carbocycles. The molecule has 0 fully saturated rings. The first kappa shape index (κ1) is 23.4. The average Bonchev–Trinajstić information content (AvgIpc) is 2.88. The molecule has 4 nitrogen and oxygen atoms in total. The van der Waals surface area contributed by atoms with Crippen LogP contribution in [0.25, 0.3) is 0 Å². The van der Waals surface area contributed by atoms with Crippen LogP contribution in [0.4, 0.5) is 0 Å². The Morgan fingerprint density at radius 2 is 1.81 bits per heavy atom. The molecule has 0 saturated carbocycles. The van der Waals surface area contributed by atoms with E-state index >= 15 is 0 Å². The quantitative estimate of drug-likeness (QED) is 0.384. The lowest BCUT2D eigenvalue weighted by Crippen LogP contribution is -2.49. The number of aliphatic hydroxyl groups is 1. The molecule has 5 heteroatoms. The molecule has 0 unspecified atom stereocenters. The highest BCUT2D eigenvalue weighted by atomic mass is 28.4. The molecule has 0 saturated heterocycles. The van der Waals surface area contributed by atoms with Gasteiger partial charge in [-0.05, 0) is 57.2 Å². The lowest BCUT2D eigenvalue weighted by atomic mass is 9.82. The van der Waals surface area contributed by atoms with Crippen LogP contribution in [-0.2, 0) is 14.0 Å². The molecule has 0 heterocycles. The molecule has 0 amide bonds. The second-order valence-corrected chi connectivity index (χ2v) is 15.0. The van der Waals surface area contributed by atoms with Gasteiger partial charge in [0.1, 0.15) is 5.60 Å². The zero-order valence-corrected chi connectivity index (χ0v) is 19.3. The standard InChI is InChI=1S/C21H40O4Si/c1-15(14-22)19(25-26(8,9)21(5,6)7)17-12-10-11-16(17)13-18(23)24-20(2,3)4/h10-11,15-17,19,22H,12-14H2,1-9H3/t15-,16-,17-,19+/m1/s1. The van der Waals surface area contributed by atoms with Gasteiger partial charge in [0.15, 0.2) is 8.32 Å². The molecule has 26 heavy (non-hydrogen) atoms. The van der Waals surface area contributed by atoms with Gasteiger partial charge in [0.05, 0.1) is 12.5 Å². The zero-order valence-electron chi connectivity index (χ0n) is 18.3. The summed E-state index contributed by atoms with van der Waals surface area (Å²) in [6, 6.07) is 0. The van der Waals surface area contributed by atoms with E-state index < -0.39 is 13.9 Å². The molecule has 0 aromatic heterocycles. The molecular weight excluding hydrogens is 344 g/mol. The highest BCUT2D eigenvalue weighted by Crippen LogP contribution is 2.42. The smallest absolute Gasteiger partial charge is 0.306 e. The van der Waals surface area contributed by atoms with Crippen molar-refractivity contribution >= 4 is 14.3 Å². The minimum absolute atomic E-state index is 0.0372.